The summed E-state index contributed by atoms with van der Waals surface area (Å²) in [5.74, 6) is -0.362. The SMILES string of the molecule is CC(=O)c1cc(Br)ccc1OC(=O)c1ccc(C)cc1. The van der Waals surface area contributed by atoms with Crippen LogP contribution in [0.3, 0.4) is 0 Å². The van der Waals surface area contributed by atoms with Crippen molar-refractivity contribution in [3.05, 3.63) is 63.6 Å². The van der Waals surface area contributed by atoms with Crippen LogP contribution in [0.4, 0.5) is 0 Å². The number of hydrogen-bond acceptors (Lipinski definition) is 3. The van der Waals surface area contributed by atoms with Crippen LogP contribution in [0.25, 0.3) is 0 Å². The zero-order valence-corrected chi connectivity index (χ0v) is 12.7. The Bertz CT molecular complexity index is 660. The van der Waals surface area contributed by atoms with Gasteiger partial charge in [-0.05, 0) is 44.2 Å². The van der Waals surface area contributed by atoms with Crippen LogP contribution in [0, 0.1) is 6.92 Å². The standard InChI is InChI=1S/C16H13BrO3/c1-10-3-5-12(6-4-10)16(19)20-15-8-7-13(17)9-14(15)11(2)18/h3-9H,1-2H3. The monoisotopic (exact) mass is 332 g/mol. The number of ether oxygens (including phenoxy) is 1. The number of ketones is 1. The van der Waals surface area contributed by atoms with Gasteiger partial charge in [0.1, 0.15) is 5.75 Å². The fourth-order valence-corrected chi connectivity index (χ4v) is 2.08. The first-order chi connectivity index (χ1) is 9.47. The summed E-state index contributed by atoms with van der Waals surface area (Å²) in [5, 5.41) is 0. The Morgan fingerprint density at radius 2 is 1.70 bits per heavy atom. The van der Waals surface area contributed by atoms with Crippen molar-refractivity contribution in [1.29, 1.82) is 0 Å². The van der Waals surface area contributed by atoms with Crippen LogP contribution in [0.5, 0.6) is 5.75 Å². The van der Waals surface area contributed by atoms with Crippen LogP contribution in [-0.2, 0) is 0 Å². The summed E-state index contributed by atoms with van der Waals surface area (Å²) in [6, 6.07) is 12.0. The molecule has 3 nitrogen and oxygen atoms in total. The van der Waals surface area contributed by atoms with E-state index in [-0.39, 0.29) is 11.5 Å². The highest BCUT2D eigenvalue weighted by molar-refractivity contribution is 9.10. The smallest absolute Gasteiger partial charge is 0.343 e. The molecule has 2 rings (SSSR count). The third-order valence-corrected chi connectivity index (χ3v) is 3.30. The Hall–Kier alpha value is -1.94. The van der Waals surface area contributed by atoms with E-state index >= 15 is 0 Å². The summed E-state index contributed by atoms with van der Waals surface area (Å²) in [4.78, 5) is 23.6. The van der Waals surface area contributed by atoms with Gasteiger partial charge >= 0.3 is 5.97 Å². The van der Waals surface area contributed by atoms with E-state index < -0.39 is 5.97 Å². The molecule has 0 amide bonds. The molecule has 102 valence electrons. The van der Waals surface area contributed by atoms with Crippen LogP contribution in [0.1, 0.15) is 33.2 Å². The fourth-order valence-electron chi connectivity index (χ4n) is 1.71. The summed E-state index contributed by atoms with van der Waals surface area (Å²) in [5.41, 5.74) is 1.89. The van der Waals surface area contributed by atoms with Crippen LogP contribution in [0.15, 0.2) is 46.9 Å². The highest BCUT2D eigenvalue weighted by atomic mass is 79.9. The molecular weight excluding hydrogens is 320 g/mol. The molecule has 0 aliphatic heterocycles. The van der Waals surface area contributed by atoms with Crippen LogP contribution in [-0.4, -0.2) is 11.8 Å². The predicted octanol–water partition coefficient (Wildman–Crippen LogP) is 4.18. The van der Waals surface area contributed by atoms with Crippen molar-refractivity contribution in [3.8, 4) is 5.75 Å². The van der Waals surface area contributed by atoms with Crippen LogP contribution >= 0.6 is 15.9 Å². The second-order valence-corrected chi connectivity index (χ2v) is 5.37. The van der Waals surface area contributed by atoms with Gasteiger partial charge in [-0.25, -0.2) is 4.79 Å². The normalized spacial score (nSPS) is 10.2. The van der Waals surface area contributed by atoms with Crippen molar-refractivity contribution in [3.63, 3.8) is 0 Å². The van der Waals surface area contributed by atoms with Gasteiger partial charge in [-0.1, -0.05) is 33.6 Å². The van der Waals surface area contributed by atoms with Gasteiger partial charge < -0.3 is 4.74 Å². The number of carbonyl (C=O) groups excluding carboxylic acids is 2. The minimum atomic E-state index is -0.477. The van der Waals surface area contributed by atoms with E-state index in [2.05, 4.69) is 15.9 Å². The number of esters is 1. The summed E-state index contributed by atoms with van der Waals surface area (Å²) in [7, 11) is 0. The van der Waals surface area contributed by atoms with E-state index in [1.54, 1.807) is 30.3 Å². The highest BCUT2D eigenvalue weighted by Gasteiger charge is 2.14. The first-order valence-electron chi connectivity index (χ1n) is 6.06. The summed E-state index contributed by atoms with van der Waals surface area (Å²) < 4.78 is 6.07. The number of rotatable bonds is 3. The lowest BCUT2D eigenvalue weighted by Gasteiger charge is -2.08. The maximum Gasteiger partial charge on any atom is 0.343 e. The molecule has 0 radical (unpaired) electrons. The van der Waals surface area contributed by atoms with Gasteiger partial charge in [0.2, 0.25) is 0 Å². The van der Waals surface area contributed by atoms with Gasteiger partial charge in [0.05, 0.1) is 11.1 Å². The zero-order chi connectivity index (χ0) is 14.7. The highest BCUT2D eigenvalue weighted by Crippen LogP contribution is 2.24. The average Bonchev–Trinajstić information content (AvgIpc) is 2.41. The molecule has 0 atom stereocenters. The predicted molar refractivity (Wildman–Crippen MR) is 80.3 cm³/mol. The van der Waals surface area contributed by atoms with Gasteiger partial charge in [-0.3, -0.25) is 4.79 Å². The van der Waals surface area contributed by atoms with E-state index in [0.29, 0.717) is 11.1 Å². The molecule has 4 heteroatoms. The average molecular weight is 333 g/mol. The van der Waals surface area contributed by atoms with Crippen molar-refractivity contribution in [2.45, 2.75) is 13.8 Å². The number of aryl methyl sites for hydroxylation is 1. The minimum Gasteiger partial charge on any atom is -0.422 e. The Labute approximate surface area is 125 Å². The number of Topliss-reactive ketones (excluding diaryl/α,β-unsaturated/α-hetero) is 1. The third kappa shape index (κ3) is 3.33. The van der Waals surface area contributed by atoms with Crippen molar-refractivity contribution in [2.24, 2.45) is 0 Å². The largest absolute Gasteiger partial charge is 0.422 e. The lowest BCUT2D eigenvalue weighted by atomic mass is 10.1. The van der Waals surface area contributed by atoms with Gasteiger partial charge in [0.15, 0.2) is 5.78 Å². The molecular formula is C16H13BrO3. The molecule has 0 N–H and O–H groups in total. The number of hydrogen-bond donors (Lipinski definition) is 0. The lowest BCUT2D eigenvalue weighted by Crippen LogP contribution is -2.10. The maximum atomic E-state index is 12.0. The van der Waals surface area contributed by atoms with E-state index in [1.165, 1.54) is 6.92 Å². The van der Waals surface area contributed by atoms with E-state index in [4.69, 9.17) is 4.74 Å². The minimum absolute atomic E-state index is 0.155. The Kier molecular flexibility index (Phi) is 4.35. The lowest BCUT2D eigenvalue weighted by molar-refractivity contribution is 0.0733. The number of benzene rings is 2. The first-order valence-corrected chi connectivity index (χ1v) is 6.86. The van der Waals surface area contributed by atoms with Gasteiger partial charge in [-0.15, -0.1) is 0 Å². The maximum absolute atomic E-state index is 12.0. The van der Waals surface area contributed by atoms with E-state index in [9.17, 15) is 9.59 Å². The molecule has 0 saturated heterocycles. The molecule has 0 spiro atoms. The Morgan fingerprint density at radius 3 is 2.30 bits per heavy atom. The van der Waals surface area contributed by atoms with Crippen molar-refractivity contribution < 1.29 is 14.3 Å². The van der Waals surface area contributed by atoms with E-state index in [0.717, 1.165) is 10.0 Å². The third-order valence-electron chi connectivity index (χ3n) is 2.81. The molecule has 0 unspecified atom stereocenters. The van der Waals surface area contributed by atoms with Crippen molar-refractivity contribution in [2.75, 3.05) is 0 Å². The molecule has 0 bridgehead atoms. The first kappa shape index (κ1) is 14.5. The summed E-state index contributed by atoms with van der Waals surface area (Å²) >= 11 is 3.29. The molecule has 0 fully saturated rings. The summed E-state index contributed by atoms with van der Waals surface area (Å²) in [6.07, 6.45) is 0. The van der Waals surface area contributed by atoms with Gasteiger partial charge in [0, 0.05) is 4.47 Å². The molecule has 2 aromatic rings. The Balaban J connectivity index is 2.28. The molecule has 0 heterocycles. The molecule has 0 aromatic heterocycles. The van der Waals surface area contributed by atoms with Gasteiger partial charge in [0.25, 0.3) is 0 Å². The van der Waals surface area contributed by atoms with Crippen molar-refractivity contribution in [1.82, 2.24) is 0 Å². The zero-order valence-electron chi connectivity index (χ0n) is 11.1. The van der Waals surface area contributed by atoms with E-state index in [1.807, 2.05) is 19.1 Å². The van der Waals surface area contributed by atoms with Crippen LogP contribution < -0.4 is 4.74 Å². The molecule has 20 heavy (non-hydrogen) atoms. The number of halogens is 1. The quantitative estimate of drug-likeness (QED) is 0.481. The molecule has 0 saturated carbocycles. The van der Waals surface area contributed by atoms with Crippen molar-refractivity contribution >= 4 is 27.7 Å². The second kappa shape index (κ2) is 6.01. The topological polar surface area (TPSA) is 43.4 Å². The number of carbonyl (C=O) groups is 2. The fraction of sp³-hybridized carbons (Fsp3) is 0.125. The second-order valence-electron chi connectivity index (χ2n) is 4.45. The Morgan fingerprint density at radius 1 is 1.05 bits per heavy atom. The molecule has 2 aromatic carbocycles. The molecule has 0 aliphatic rings. The van der Waals surface area contributed by atoms with Gasteiger partial charge in [-0.2, -0.15) is 0 Å². The van der Waals surface area contributed by atoms with Crippen LogP contribution in [0.2, 0.25) is 0 Å². The summed E-state index contributed by atoms with van der Waals surface area (Å²) in [6.45, 7) is 3.38. The molecule has 0 aliphatic carbocycles.